The molecule has 0 amide bonds. The molecule has 6 heteroatoms. The lowest BCUT2D eigenvalue weighted by molar-refractivity contribution is 0.0340. The average Bonchev–Trinajstić information content (AvgIpc) is 2.75. The van der Waals surface area contributed by atoms with Gasteiger partial charge in [0, 0.05) is 52.9 Å². The SMILES string of the molecule is COc1cc2nc3c(cc2c(CN2CCOCC2)c1O)CSc1ccccc1-3. The number of thioether (sulfide) groups is 1. The fraction of sp³-hybridized carbons (Fsp3) is 0.318. The smallest absolute Gasteiger partial charge is 0.163 e. The molecule has 0 unspecified atom stereocenters. The molecule has 3 aromatic rings. The van der Waals surface area contributed by atoms with E-state index in [-0.39, 0.29) is 5.75 Å². The minimum atomic E-state index is 0.215. The van der Waals surface area contributed by atoms with Crippen LogP contribution in [0.3, 0.4) is 0 Å². The van der Waals surface area contributed by atoms with Gasteiger partial charge in [-0.15, -0.1) is 11.8 Å². The quantitative estimate of drug-likeness (QED) is 0.723. The van der Waals surface area contributed by atoms with E-state index < -0.39 is 0 Å². The molecule has 144 valence electrons. The Morgan fingerprint density at radius 1 is 1.21 bits per heavy atom. The largest absolute Gasteiger partial charge is 0.504 e. The molecule has 1 fully saturated rings. The highest BCUT2D eigenvalue weighted by molar-refractivity contribution is 7.98. The van der Waals surface area contributed by atoms with Crippen LogP contribution < -0.4 is 4.74 Å². The van der Waals surface area contributed by atoms with Crippen molar-refractivity contribution in [1.29, 1.82) is 0 Å². The predicted molar refractivity (Wildman–Crippen MR) is 111 cm³/mol. The van der Waals surface area contributed by atoms with E-state index in [1.807, 2.05) is 17.8 Å². The maximum atomic E-state index is 10.9. The summed E-state index contributed by atoms with van der Waals surface area (Å²) in [7, 11) is 1.59. The number of hydrogen-bond donors (Lipinski definition) is 1. The monoisotopic (exact) mass is 394 g/mol. The predicted octanol–water partition coefficient (Wildman–Crippen LogP) is 4.05. The van der Waals surface area contributed by atoms with Crippen LogP contribution in [-0.4, -0.2) is 48.4 Å². The van der Waals surface area contributed by atoms with Gasteiger partial charge in [-0.25, -0.2) is 4.98 Å². The molecule has 0 atom stereocenters. The van der Waals surface area contributed by atoms with Crippen LogP contribution in [0.4, 0.5) is 0 Å². The number of fused-ring (bicyclic) bond motifs is 4. The molecule has 2 aromatic carbocycles. The standard InChI is InChI=1S/C22H22N2O3S/c1-26-19-11-18-16(17(22(19)25)12-24-6-8-27-9-7-24)10-14-13-28-20-5-3-2-4-15(20)21(14)23-18/h2-5,10-11,25H,6-9,12-13H2,1H3. The third-order valence-electron chi connectivity index (χ3n) is 5.47. The molecule has 0 aliphatic carbocycles. The van der Waals surface area contributed by atoms with Gasteiger partial charge in [-0.1, -0.05) is 18.2 Å². The molecule has 0 radical (unpaired) electrons. The Balaban J connectivity index is 1.68. The Morgan fingerprint density at radius 2 is 2.04 bits per heavy atom. The molecular weight excluding hydrogens is 372 g/mol. The van der Waals surface area contributed by atoms with Crippen LogP contribution in [0.2, 0.25) is 0 Å². The van der Waals surface area contributed by atoms with Gasteiger partial charge < -0.3 is 14.6 Å². The molecule has 1 N–H and O–H groups in total. The minimum Gasteiger partial charge on any atom is -0.504 e. The molecule has 5 rings (SSSR count). The van der Waals surface area contributed by atoms with Crippen LogP contribution in [0.15, 0.2) is 41.3 Å². The molecule has 2 aliphatic rings. The number of morpholine rings is 1. The highest BCUT2D eigenvalue weighted by Crippen LogP contribution is 2.44. The number of hydrogen-bond acceptors (Lipinski definition) is 6. The number of rotatable bonds is 3. The van der Waals surface area contributed by atoms with E-state index in [0.717, 1.165) is 54.2 Å². The van der Waals surface area contributed by atoms with E-state index in [1.165, 1.54) is 16.0 Å². The number of aromatic nitrogens is 1. The van der Waals surface area contributed by atoms with Crippen molar-refractivity contribution >= 4 is 22.7 Å². The van der Waals surface area contributed by atoms with E-state index >= 15 is 0 Å². The van der Waals surface area contributed by atoms with E-state index in [2.05, 4.69) is 35.2 Å². The topological polar surface area (TPSA) is 54.8 Å². The Hall–Kier alpha value is -2.28. The third-order valence-corrected chi connectivity index (χ3v) is 6.60. The van der Waals surface area contributed by atoms with E-state index in [4.69, 9.17) is 14.5 Å². The Kier molecular flexibility index (Phi) is 4.62. The first kappa shape index (κ1) is 17.8. The van der Waals surface area contributed by atoms with Gasteiger partial charge >= 0.3 is 0 Å². The van der Waals surface area contributed by atoms with Crippen molar-refractivity contribution < 1.29 is 14.6 Å². The summed E-state index contributed by atoms with van der Waals surface area (Å²) in [5.41, 5.74) is 5.17. The number of phenolic OH excluding ortho intramolecular Hbond substituents is 1. The van der Waals surface area contributed by atoms with Gasteiger partial charge in [0.25, 0.3) is 0 Å². The minimum absolute atomic E-state index is 0.215. The van der Waals surface area contributed by atoms with Gasteiger partial charge in [-0.05, 0) is 17.7 Å². The maximum Gasteiger partial charge on any atom is 0.163 e. The normalized spacial score (nSPS) is 16.6. The number of benzene rings is 2. The van der Waals surface area contributed by atoms with Crippen LogP contribution in [0, 0.1) is 0 Å². The first-order valence-electron chi connectivity index (χ1n) is 9.49. The number of aromatic hydroxyl groups is 1. The van der Waals surface area contributed by atoms with Crippen LogP contribution >= 0.6 is 11.8 Å². The number of pyridine rings is 1. The molecule has 0 bridgehead atoms. The van der Waals surface area contributed by atoms with Gasteiger partial charge in [0.1, 0.15) is 0 Å². The summed E-state index contributed by atoms with van der Waals surface area (Å²) in [5, 5.41) is 11.9. The Morgan fingerprint density at radius 3 is 2.86 bits per heavy atom. The number of ether oxygens (including phenoxy) is 2. The van der Waals surface area contributed by atoms with Crippen molar-refractivity contribution in [1.82, 2.24) is 9.88 Å². The molecule has 0 spiro atoms. The number of phenols is 1. The second kappa shape index (κ2) is 7.28. The molecule has 0 saturated carbocycles. The van der Waals surface area contributed by atoms with Gasteiger partial charge in [-0.2, -0.15) is 0 Å². The average molecular weight is 394 g/mol. The van der Waals surface area contributed by atoms with Crippen LogP contribution in [0.25, 0.3) is 22.2 Å². The fourth-order valence-corrected chi connectivity index (χ4v) is 5.00. The van der Waals surface area contributed by atoms with Gasteiger partial charge in [0.05, 0.1) is 31.5 Å². The lowest BCUT2D eigenvalue weighted by Gasteiger charge is -2.28. The zero-order chi connectivity index (χ0) is 19.1. The summed E-state index contributed by atoms with van der Waals surface area (Å²) < 4.78 is 10.9. The molecule has 1 aromatic heterocycles. The first-order chi connectivity index (χ1) is 13.7. The van der Waals surface area contributed by atoms with Gasteiger partial charge in [-0.3, -0.25) is 4.90 Å². The highest BCUT2D eigenvalue weighted by Gasteiger charge is 2.23. The first-order valence-corrected chi connectivity index (χ1v) is 10.5. The summed E-state index contributed by atoms with van der Waals surface area (Å²) in [4.78, 5) is 8.58. The Labute approximate surface area is 168 Å². The summed E-state index contributed by atoms with van der Waals surface area (Å²) in [5.74, 6) is 1.58. The molecule has 3 heterocycles. The van der Waals surface area contributed by atoms with Crippen molar-refractivity contribution in [3.05, 3.63) is 47.5 Å². The summed E-state index contributed by atoms with van der Waals surface area (Å²) in [6.45, 7) is 3.83. The highest BCUT2D eigenvalue weighted by atomic mass is 32.2. The number of nitrogens with zero attached hydrogens (tertiary/aromatic N) is 2. The second-order valence-corrected chi connectivity index (χ2v) is 8.16. The van der Waals surface area contributed by atoms with Crippen molar-refractivity contribution in [3.8, 4) is 22.8 Å². The summed E-state index contributed by atoms with van der Waals surface area (Å²) in [6.07, 6.45) is 0. The molecular formula is C22H22N2O3S. The van der Waals surface area contributed by atoms with Crippen molar-refractivity contribution in [2.45, 2.75) is 17.2 Å². The fourth-order valence-electron chi connectivity index (χ4n) is 3.97. The van der Waals surface area contributed by atoms with Gasteiger partial charge in [0.2, 0.25) is 0 Å². The zero-order valence-corrected chi connectivity index (χ0v) is 16.6. The maximum absolute atomic E-state index is 10.9. The van der Waals surface area contributed by atoms with E-state index in [1.54, 1.807) is 7.11 Å². The lowest BCUT2D eigenvalue weighted by atomic mass is 9.99. The molecule has 1 saturated heterocycles. The van der Waals surface area contributed by atoms with Crippen LogP contribution in [-0.2, 0) is 17.0 Å². The van der Waals surface area contributed by atoms with Crippen molar-refractivity contribution in [2.75, 3.05) is 33.4 Å². The summed E-state index contributed by atoms with van der Waals surface area (Å²) >= 11 is 1.84. The summed E-state index contributed by atoms with van der Waals surface area (Å²) in [6, 6.07) is 12.5. The van der Waals surface area contributed by atoms with Crippen molar-refractivity contribution in [2.24, 2.45) is 0 Å². The van der Waals surface area contributed by atoms with Crippen molar-refractivity contribution in [3.63, 3.8) is 0 Å². The van der Waals surface area contributed by atoms with E-state index in [0.29, 0.717) is 12.3 Å². The van der Waals surface area contributed by atoms with E-state index in [9.17, 15) is 5.11 Å². The molecule has 5 nitrogen and oxygen atoms in total. The van der Waals surface area contributed by atoms with Crippen LogP contribution in [0.1, 0.15) is 11.1 Å². The zero-order valence-electron chi connectivity index (χ0n) is 15.8. The lowest BCUT2D eigenvalue weighted by Crippen LogP contribution is -2.35. The molecule has 28 heavy (non-hydrogen) atoms. The van der Waals surface area contributed by atoms with Gasteiger partial charge in [0.15, 0.2) is 11.5 Å². The second-order valence-electron chi connectivity index (χ2n) is 7.14. The Bertz CT molecular complexity index is 1050. The molecule has 2 aliphatic heterocycles. The van der Waals surface area contributed by atoms with Crippen LogP contribution in [0.5, 0.6) is 11.5 Å². The number of methoxy groups -OCH3 is 1. The third kappa shape index (κ3) is 3.02.